The standard InChI is InChI=1S/C21H22N2O3S/c1-16-10-8-9-15-23(16)27(24,25)21-19(17-11-4-2-5-12-17)26-20(22-21)18-13-6-3-7-14-18/h2-7,11-14,16H,8-10,15H2,1H3/t16-/m1/s1. The fraction of sp³-hybridized carbons (Fsp3) is 0.286. The van der Waals surface area contributed by atoms with Gasteiger partial charge in [-0.2, -0.15) is 9.29 Å². The number of hydrogen-bond donors (Lipinski definition) is 0. The van der Waals surface area contributed by atoms with Gasteiger partial charge >= 0.3 is 0 Å². The summed E-state index contributed by atoms with van der Waals surface area (Å²) in [6.45, 7) is 2.47. The van der Waals surface area contributed by atoms with Crippen molar-refractivity contribution in [3.8, 4) is 22.8 Å². The van der Waals surface area contributed by atoms with E-state index >= 15 is 0 Å². The number of piperidine rings is 1. The van der Waals surface area contributed by atoms with E-state index in [9.17, 15) is 8.42 Å². The molecule has 2 aromatic carbocycles. The molecule has 6 heteroatoms. The van der Waals surface area contributed by atoms with Crippen LogP contribution in [0.25, 0.3) is 22.8 Å². The first-order valence-corrected chi connectivity index (χ1v) is 10.6. The van der Waals surface area contributed by atoms with Crippen LogP contribution in [-0.2, 0) is 10.0 Å². The summed E-state index contributed by atoms with van der Waals surface area (Å²) in [4.78, 5) is 4.44. The van der Waals surface area contributed by atoms with Gasteiger partial charge in [0.25, 0.3) is 10.0 Å². The largest absolute Gasteiger partial charge is 0.435 e. The summed E-state index contributed by atoms with van der Waals surface area (Å²) in [6, 6.07) is 18.6. The Bertz CT molecular complexity index is 1010. The first-order valence-electron chi connectivity index (χ1n) is 9.21. The van der Waals surface area contributed by atoms with Gasteiger partial charge in [0.05, 0.1) is 0 Å². The molecule has 5 nitrogen and oxygen atoms in total. The fourth-order valence-corrected chi connectivity index (χ4v) is 5.26. The molecule has 1 atom stereocenters. The Hall–Kier alpha value is -2.44. The van der Waals surface area contributed by atoms with Gasteiger partial charge in [-0.15, -0.1) is 0 Å². The number of benzene rings is 2. The van der Waals surface area contributed by atoms with Crippen LogP contribution in [0.4, 0.5) is 0 Å². The predicted octanol–water partition coefficient (Wildman–Crippen LogP) is 4.57. The molecule has 140 valence electrons. The molecule has 2 heterocycles. The van der Waals surface area contributed by atoms with Crippen molar-refractivity contribution in [3.63, 3.8) is 0 Å². The van der Waals surface area contributed by atoms with E-state index in [2.05, 4.69) is 4.98 Å². The normalized spacial score (nSPS) is 18.5. The van der Waals surface area contributed by atoms with Crippen LogP contribution in [0.15, 0.2) is 70.1 Å². The highest BCUT2D eigenvalue weighted by atomic mass is 32.2. The number of oxazole rings is 1. The van der Waals surface area contributed by atoms with Crippen molar-refractivity contribution in [2.45, 2.75) is 37.3 Å². The Balaban J connectivity index is 1.87. The average Bonchev–Trinajstić information content (AvgIpc) is 3.16. The molecule has 0 amide bonds. The highest BCUT2D eigenvalue weighted by Gasteiger charge is 2.36. The van der Waals surface area contributed by atoms with Crippen LogP contribution in [-0.4, -0.2) is 30.3 Å². The quantitative estimate of drug-likeness (QED) is 0.663. The van der Waals surface area contributed by atoms with Gasteiger partial charge in [0, 0.05) is 23.7 Å². The van der Waals surface area contributed by atoms with Crippen molar-refractivity contribution < 1.29 is 12.8 Å². The van der Waals surface area contributed by atoms with E-state index in [0.29, 0.717) is 23.8 Å². The number of nitrogens with zero attached hydrogens (tertiary/aromatic N) is 2. The van der Waals surface area contributed by atoms with E-state index in [1.54, 1.807) is 4.31 Å². The Morgan fingerprint density at radius 3 is 2.22 bits per heavy atom. The number of aromatic nitrogens is 1. The molecule has 0 saturated carbocycles. The van der Waals surface area contributed by atoms with E-state index < -0.39 is 10.0 Å². The van der Waals surface area contributed by atoms with Crippen LogP contribution in [0.5, 0.6) is 0 Å². The van der Waals surface area contributed by atoms with Gasteiger partial charge in [0.2, 0.25) is 10.9 Å². The second-order valence-corrected chi connectivity index (χ2v) is 8.65. The lowest BCUT2D eigenvalue weighted by Gasteiger charge is -2.31. The van der Waals surface area contributed by atoms with Crippen LogP contribution in [0.2, 0.25) is 0 Å². The Labute approximate surface area is 159 Å². The van der Waals surface area contributed by atoms with E-state index in [1.807, 2.05) is 67.6 Å². The van der Waals surface area contributed by atoms with Crippen LogP contribution in [0.3, 0.4) is 0 Å². The number of rotatable bonds is 4. The molecule has 0 bridgehead atoms. The molecule has 0 spiro atoms. The lowest BCUT2D eigenvalue weighted by molar-refractivity contribution is 0.268. The third-order valence-corrected chi connectivity index (χ3v) is 6.87. The maximum Gasteiger partial charge on any atom is 0.264 e. The van der Waals surface area contributed by atoms with Crippen molar-refractivity contribution in [1.29, 1.82) is 0 Å². The average molecular weight is 382 g/mol. The molecule has 27 heavy (non-hydrogen) atoms. The van der Waals surface area contributed by atoms with Gasteiger partial charge in [-0.3, -0.25) is 0 Å². The zero-order chi connectivity index (χ0) is 18.9. The lowest BCUT2D eigenvalue weighted by Crippen LogP contribution is -2.42. The minimum atomic E-state index is -3.75. The van der Waals surface area contributed by atoms with Crippen molar-refractivity contribution in [2.24, 2.45) is 0 Å². The second-order valence-electron chi connectivity index (χ2n) is 6.85. The van der Waals surface area contributed by atoms with Crippen LogP contribution >= 0.6 is 0 Å². The molecule has 3 aromatic rings. The molecule has 1 aliphatic rings. The van der Waals surface area contributed by atoms with Crippen molar-refractivity contribution in [1.82, 2.24) is 9.29 Å². The molecule has 1 fully saturated rings. The van der Waals surface area contributed by atoms with Crippen LogP contribution in [0, 0.1) is 0 Å². The molecular formula is C21H22N2O3S. The van der Waals surface area contributed by atoms with Crippen molar-refractivity contribution in [2.75, 3.05) is 6.54 Å². The fourth-order valence-electron chi connectivity index (χ4n) is 3.50. The minimum absolute atomic E-state index is 0.00121. The van der Waals surface area contributed by atoms with E-state index in [-0.39, 0.29) is 11.1 Å². The molecule has 0 N–H and O–H groups in total. The molecule has 4 rings (SSSR count). The zero-order valence-electron chi connectivity index (χ0n) is 15.2. The summed E-state index contributed by atoms with van der Waals surface area (Å²) in [7, 11) is -3.75. The molecule has 1 saturated heterocycles. The summed E-state index contributed by atoms with van der Waals surface area (Å²) >= 11 is 0. The summed E-state index contributed by atoms with van der Waals surface area (Å²) in [5, 5.41) is 0.00121. The second kappa shape index (κ2) is 7.29. The topological polar surface area (TPSA) is 63.4 Å². The predicted molar refractivity (Wildman–Crippen MR) is 105 cm³/mol. The molecule has 0 unspecified atom stereocenters. The Morgan fingerprint density at radius 1 is 0.963 bits per heavy atom. The van der Waals surface area contributed by atoms with Crippen molar-refractivity contribution >= 4 is 10.0 Å². The molecule has 1 aliphatic heterocycles. The van der Waals surface area contributed by atoms with Gasteiger partial charge in [-0.25, -0.2) is 8.42 Å². The highest BCUT2D eigenvalue weighted by molar-refractivity contribution is 7.89. The lowest BCUT2D eigenvalue weighted by atomic mass is 10.1. The third-order valence-electron chi connectivity index (χ3n) is 4.95. The highest BCUT2D eigenvalue weighted by Crippen LogP contribution is 2.35. The Kier molecular flexibility index (Phi) is 4.85. The van der Waals surface area contributed by atoms with Crippen molar-refractivity contribution in [3.05, 3.63) is 60.7 Å². The van der Waals surface area contributed by atoms with Gasteiger partial charge in [0.1, 0.15) is 0 Å². The first-order chi connectivity index (χ1) is 13.1. The summed E-state index contributed by atoms with van der Waals surface area (Å²) < 4.78 is 34.4. The SMILES string of the molecule is C[C@@H]1CCCCN1S(=O)(=O)c1nc(-c2ccccc2)oc1-c1ccccc1. The molecule has 0 radical (unpaired) electrons. The van der Waals surface area contributed by atoms with E-state index in [1.165, 1.54) is 0 Å². The maximum atomic E-state index is 13.4. The first kappa shape index (κ1) is 17.9. The summed E-state index contributed by atoms with van der Waals surface area (Å²) in [5.74, 6) is 0.616. The van der Waals surface area contributed by atoms with Gasteiger partial charge in [-0.1, -0.05) is 55.0 Å². The minimum Gasteiger partial charge on any atom is -0.435 e. The third kappa shape index (κ3) is 3.42. The Morgan fingerprint density at radius 2 is 1.59 bits per heavy atom. The summed E-state index contributed by atoms with van der Waals surface area (Å²) in [6.07, 6.45) is 2.78. The summed E-state index contributed by atoms with van der Waals surface area (Å²) in [5.41, 5.74) is 1.46. The number of sulfonamides is 1. The monoisotopic (exact) mass is 382 g/mol. The maximum absolute atomic E-state index is 13.4. The van der Waals surface area contributed by atoms with Crippen LogP contribution < -0.4 is 0 Å². The zero-order valence-corrected chi connectivity index (χ0v) is 16.0. The molecule has 1 aromatic heterocycles. The van der Waals surface area contributed by atoms with E-state index in [4.69, 9.17) is 4.42 Å². The smallest absolute Gasteiger partial charge is 0.264 e. The number of hydrogen-bond acceptors (Lipinski definition) is 4. The molecular weight excluding hydrogens is 360 g/mol. The van der Waals surface area contributed by atoms with Gasteiger partial charge in [-0.05, 0) is 31.9 Å². The molecule has 0 aliphatic carbocycles. The van der Waals surface area contributed by atoms with Gasteiger partial charge in [0.15, 0.2) is 5.76 Å². The van der Waals surface area contributed by atoms with Gasteiger partial charge < -0.3 is 4.42 Å². The van der Waals surface area contributed by atoms with Crippen LogP contribution in [0.1, 0.15) is 26.2 Å². The van der Waals surface area contributed by atoms with E-state index in [0.717, 1.165) is 24.8 Å².